The molecule has 2 rings (SSSR count). The first kappa shape index (κ1) is 11.3. The van der Waals surface area contributed by atoms with Gasteiger partial charge in [0.15, 0.2) is 0 Å². The van der Waals surface area contributed by atoms with Crippen LogP contribution in [0, 0.1) is 5.41 Å². The number of aromatic nitrogens is 2. The lowest BCUT2D eigenvalue weighted by Crippen LogP contribution is -2.39. The van der Waals surface area contributed by atoms with Crippen molar-refractivity contribution in [1.29, 1.82) is 0 Å². The van der Waals surface area contributed by atoms with Crippen LogP contribution in [-0.2, 0) is 6.54 Å². The molecule has 2 heterocycles. The molecule has 0 saturated carbocycles. The third-order valence-electron chi connectivity index (χ3n) is 2.78. The van der Waals surface area contributed by atoms with Crippen molar-refractivity contribution in [2.75, 3.05) is 13.1 Å². The van der Waals surface area contributed by atoms with E-state index in [-0.39, 0.29) is 0 Å². The molecule has 3 nitrogen and oxygen atoms in total. The van der Waals surface area contributed by atoms with Crippen LogP contribution in [0.2, 0.25) is 4.47 Å². The fraction of sp³-hybridized carbons (Fsp3) is 0.800. The zero-order chi connectivity index (χ0) is 10.9. The van der Waals surface area contributed by atoms with Crippen molar-refractivity contribution in [1.82, 2.24) is 15.1 Å². The molecule has 0 N–H and O–H groups in total. The number of halogens is 1. The Morgan fingerprint density at radius 2 is 2.27 bits per heavy atom. The lowest BCUT2D eigenvalue weighted by Gasteiger charge is -2.37. The second-order valence-electron chi connectivity index (χ2n) is 4.93. The maximum Gasteiger partial charge on any atom is 0.207 e. The van der Waals surface area contributed by atoms with Gasteiger partial charge in [0.1, 0.15) is 5.01 Å². The largest absolute Gasteiger partial charge is 0.296 e. The van der Waals surface area contributed by atoms with E-state index in [2.05, 4.69) is 28.9 Å². The van der Waals surface area contributed by atoms with Crippen LogP contribution in [0.25, 0.3) is 0 Å². The Hall–Kier alpha value is -0.190. The van der Waals surface area contributed by atoms with Crippen LogP contribution >= 0.6 is 22.9 Å². The summed E-state index contributed by atoms with van der Waals surface area (Å²) in [5.41, 5.74) is 0.437. The Kier molecular flexibility index (Phi) is 3.28. The Morgan fingerprint density at radius 3 is 2.87 bits per heavy atom. The first-order chi connectivity index (χ1) is 7.05. The van der Waals surface area contributed by atoms with E-state index in [1.807, 2.05) is 0 Å². The van der Waals surface area contributed by atoms with Crippen molar-refractivity contribution in [3.63, 3.8) is 0 Å². The van der Waals surface area contributed by atoms with E-state index in [1.165, 1.54) is 30.7 Å². The van der Waals surface area contributed by atoms with E-state index in [0.717, 1.165) is 18.1 Å². The van der Waals surface area contributed by atoms with Gasteiger partial charge in [0.2, 0.25) is 4.47 Å². The number of hydrogen-bond donors (Lipinski definition) is 0. The van der Waals surface area contributed by atoms with Crippen LogP contribution in [0.5, 0.6) is 0 Å². The van der Waals surface area contributed by atoms with Crippen LogP contribution < -0.4 is 0 Å². The van der Waals surface area contributed by atoms with E-state index in [1.54, 1.807) is 0 Å². The Morgan fingerprint density at radius 1 is 1.47 bits per heavy atom. The van der Waals surface area contributed by atoms with Gasteiger partial charge in [-0.15, -0.1) is 10.2 Å². The summed E-state index contributed by atoms with van der Waals surface area (Å²) in [7, 11) is 0. The van der Waals surface area contributed by atoms with E-state index in [4.69, 9.17) is 11.6 Å². The van der Waals surface area contributed by atoms with Crippen molar-refractivity contribution in [3.8, 4) is 0 Å². The highest BCUT2D eigenvalue weighted by atomic mass is 35.5. The second-order valence-corrected chi connectivity index (χ2v) is 6.57. The highest BCUT2D eigenvalue weighted by Crippen LogP contribution is 2.29. The van der Waals surface area contributed by atoms with Crippen LogP contribution in [0.1, 0.15) is 31.7 Å². The van der Waals surface area contributed by atoms with Crippen molar-refractivity contribution < 1.29 is 0 Å². The van der Waals surface area contributed by atoms with Gasteiger partial charge in [0, 0.05) is 6.54 Å². The van der Waals surface area contributed by atoms with Crippen molar-refractivity contribution >= 4 is 22.9 Å². The van der Waals surface area contributed by atoms with Gasteiger partial charge in [-0.2, -0.15) is 0 Å². The highest BCUT2D eigenvalue weighted by molar-refractivity contribution is 7.15. The molecule has 0 aromatic carbocycles. The molecule has 0 unspecified atom stereocenters. The zero-order valence-electron chi connectivity index (χ0n) is 9.16. The number of piperidine rings is 1. The third kappa shape index (κ3) is 3.13. The van der Waals surface area contributed by atoms with E-state index >= 15 is 0 Å². The predicted octanol–water partition coefficient (Wildman–Crippen LogP) is 2.81. The molecule has 1 aromatic heterocycles. The molecule has 0 aliphatic carbocycles. The Labute approximate surface area is 99.5 Å². The molecule has 1 aliphatic heterocycles. The minimum Gasteiger partial charge on any atom is -0.296 e. The number of rotatable bonds is 2. The maximum atomic E-state index is 5.76. The van der Waals surface area contributed by atoms with Gasteiger partial charge in [-0.1, -0.05) is 25.2 Å². The molecule has 1 fully saturated rings. The summed E-state index contributed by atoms with van der Waals surface area (Å²) < 4.78 is 0.543. The molecule has 0 radical (unpaired) electrons. The summed E-state index contributed by atoms with van der Waals surface area (Å²) in [4.78, 5) is 2.44. The van der Waals surface area contributed by atoms with Gasteiger partial charge in [-0.25, -0.2) is 0 Å². The molecule has 1 saturated heterocycles. The fourth-order valence-corrected chi connectivity index (χ4v) is 3.08. The van der Waals surface area contributed by atoms with Gasteiger partial charge in [0.25, 0.3) is 0 Å². The Balaban J connectivity index is 1.95. The van der Waals surface area contributed by atoms with Gasteiger partial charge in [-0.3, -0.25) is 4.90 Å². The summed E-state index contributed by atoms with van der Waals surface area (Å²) in [5, 5.41) is 8.90. The molecule has 84 valence electrons. The average molecular weight is 246 g/mol. The minimum atomic E-state index is 0.437. The summed E-state index contributed by atoms with van der Waals surface area (Å²) in [5.74, 6) is 0. The van der Waals surface area contributed by atoms with Crippen molar-refractivity contribution in [2.45, 2.75) is 33.2 Å². The van der Waals surface area contributed by atoms with Crippen LogP contribution in [-0.4, -0.2) is 28.2 Å². The fourth-order valence-electron chi connectivity index (χ4n) is 2.17. The molecule has 0 atom stereocenters. The predicted molar refractivity (Wildman–Crippen MR) is 63.2 cm³/mol. The third-order valence-corrected chi connectivity index (χ3v) is 3.78. The van der Waals surface area contributed by atoms with Gasteiger partial charge < -0.3 is 0 Å². The molecule has 15 heavy (non-hydrogen) atoms. The maximum absolute atomic E-state index is 5.76. The normalized spacial score (nSPS) is 21.8. The van der Waals surface area contributed by atoms with Crippen LogP contribution in [0.4, 0.5) is 0 Å². The molecule has 1 aliphatic rings. The number of nitrogens with zero attached hydrogens (tertiary/aromatic N) is 3. The standard InChI is InChI=1S/C10H16ClN3S/c1-10(2)4-3-5-14(7-10)6-8-12-13-9(11)15-8/h3-7H2,1-2H3. The number of hydrogen-bond acceptors (Lipinski definition) is 4. The topological polar surface area (TPSA) is 29.0 Å². The number of likely N-dealkylation sites (tertiary alicyclic amines) is 1. The van der Waals surface area contributed by atoms with Crippen LogP contribution in [0.15, 0.2) is 0 Å². The van der Waals surface area contributed by atoms with Gasteiger partial charge >= 0.3 is 0 Å². The molecule has 5 heteroatoms. The highest BCUT2D eigenvalue weighted by Gasteiger charge is 2.26. The summed E-state index contributed by atoms with van der Waals surface area (Å²) in [6.45, 7) is 7.86. The lowest BCUT2D eigenvalue weighted by molar-refractivity contribution is 0.111. The van der Waals surface area contributed by atoms with Crippen LogP contribution in [0.3, 0.4) is 0 Å². The minimum absolute atomic E-state index is 0.437. The molecule has 0 amide bonds. The molecule has 0 spiro atoms. The monoisotopic (exact) mass is 245 g/mol. The van der Waals surface area contributed by atoms with Crippen molar-refractivity contribution in [2.24, 2.45) is 5.41 Å². The summed E-state index contributed by atoms with van der Waals surface area (Å²) in [6, 6.07) is 0. The molecule has 1 aromatic rings. The van der Waals surface area contributed by atoms with Gasteiger partial charge in [0.05, 0.1) is 6.54 Å². The molecule has 0 bridgehead atoms. The Bertz CT molecular complexity index is 337. The first-order valence-electron chi connectivity index (χ1n) is 5.25. The van der Waals surface area contributed by atoms with Gasteiger partial charge in [-0.05, 0) is 36.4 Å². The zero-order valence-corrected chi connectivity index (χ0v) is 10.7. The second kappa shape index (κ2) is 4.36. The van der Waals surface area contributed by atoms with E-state index in [9.17, 15) is 0 Å². The SMILES string of the molecule is CC1(C)CCCN(Cc2nnc(Cl)s2)C1. The lowest BCUT2D eigenvalue weighted by atomic mass is 9.84. The van der Waals surface area contributed by atoms with E-state index in [0.29, 0.717) is 9.88 Å². The quantitative estimate of drug-likeness (QED) is 0.803. The summed E-state index contributed by atoms with van der Waals surface area (Å²) in [6.07, 6.45) is 2.60. The first-order valence-corrected chi connectivity index (χ1v) is 6.45. The smallest absolute Gasteiger partial charge is 0.207 e. The molecular formula is C10H16ClN3S. The van der Waals surface area contributed by atoms with Crippen molar-refractivity contribution in [3.05, 3.63) is 9.47 Å². The summed E-state index contributed by atoms with van der Waals surface area (Å²) >= 11 is 7.24. The molecular weight excluding hydrogens is 230 g/mol. The average Bonchev–Trinajstić information content (AvgIpc) is 2.49. The van der Waals surface area contributed by atoms with E-state index < -0.39 is 0 Å².